The number of carboxylic acid groups (broad SMARTS) is 1. The molecule has 1 aromatic rings. The molecule has 1 aromatic carbocycles. The van der Waals surface area contributed by atoms with Gasteiger partial charge in [-0.3, -0.25) is 4.90 Å². The van der Waals surface area contributed by atoms with Gasteiger partial charge in [-0.15, -0.1) is 0 Å². The number of hydrogen-bond acceptors (Lipinski definition) is 2. The van der Waals surface area contributed by atoms with E-state index in [0.29, 0.717) is 0 Å². The van der Waals surface area contributed by atoms with Gasteiger partial charge in [0, 0.05) is 12.1 Å². The zero-order valence-electron chi connectivity index (χ0n) is 9.77. The number of aromatic hydroxyl groups is 1. The van der Waals surface area contributed by atoms with Gasteiger partial charge in [0.1, 0.15) is 5.75 Å². The third kappa shape index (κ3) is 3.15. The maximum Gasteiger partial charge on any atom is 0.408 e. The largest absolute Gasteiger partial charge is 0.508 e. The molecule has 2 N–H and O–H groups in total. The van der Waals surface area contributed by atoms with Crippen molar-refractivity contribution in [2.24, 2.45) is 0 Å². The van der Waals surface area contributed by atoms with Crippen LogP contribution in [0.2, 0.25) is 0 Å². The fourth-order valence-corrected chi connectivity index (χ4v) is 1.43. The van der Waals surface area contributed by atoms with E-state index in [4.69, 9.17) is 5.11 Å². The smallest absolute Gasteiger partial charge is 0.408 e. The average Bonchev–Trinajstić information content (AvgIpc) is 2.12. The summed E-state index contributed by atoms with van der Waals surface area (Å²) >= 11 is 0. The third-order valence-corrected chi connectivity index (χ3v) is 2.29. The molecular weight excluding hydrogens is 206 g/mol. The van der Waals surface area contributed by atoms with Gasteiger partial charge in [0.25, 0.3) is 0 Å². The molecule has 1 amide bonds. The zero-order chi connectivity index (χ0) is 12.3. The molecule has 88 valence electrons. The van der Waals surface area contributed by atoms with Gasteiger partial charge in [-0.1, -0.05) is 12.1 Å². The lowest BCUT2D eigenvalue weighted by Crippen LogP contribution is -2.44. The second-order valence-corrected chi connectivity index (χ2v) is 4.71. The Morgan fingerprint density at radius 1 is 1.38 bits per heavy atom. The Labute approximate surface area is 95.1 Å². The molecule has 1 rings (SSSR count). The van der Waals surface area contributed by atoms with Crippen molar-refractivity contribution in [2.75, 3.05) is 0 Å². The van der Waals surface area contributed by atoms with Crippen molar-refractivity contribution < 1.29 is 15.0 Å². The van der Waals surface area contributed by atoms with Crippen LogP contribution in [0.4, 0.5) is 4.79 Å². The van der Waals surface area contributed by atoms with Gasteiger partial charge < -0.3 is 10.2 Å². The van der Waals surface area contributed by atoms with E-state index in [-0.39, 0.29) is 12.3 Å². The van der Waals surface area contributed by atoms with Crippen molar-refractivity contribution >= 4 is 6.09 Å². The van der Waals surface area contributed by atoms with E-state index < -0.39 is 11.6 Å². The van der Waals surface area contributed by atoms with Crippen LogP contribution in [-0.4, -0.2) is 26.7 Å². The molecule has 0 saturated heterocycles. The van der Waals surface area contributed by atoms with E-state index in [1.165, 1.54) is 4.90 Å². The number of amides is 1. The zero-order valence-corrected chi connectivity index (χ0v) is 9.77. The first-order valence-corrected chi connectivity index (χ1v) is 5.09. The van der Waals surface area contributed by atoms with Gasteiger partial charge >= 0.3 is 6.09 Å². The summed E-state index contributed by atoms with van der Waals surface area (Å²) in [6, 6.07) is 6.63. The molecule has 0 radical (unpaired) electrons. The van der Waals surface area contributed by atoms with Crippen LogP contribution in [0.25, 0.3) is 0 Å². The summed E-state index contributed by atoms with van der Waals surface area (Å²) in [6.45, 7) is 5.78. The lowest BCUT2D eigenvalue weighted by atomic mass is 10.1. The summed E-state index contributed by atoms with van der Waals surface area (Å²) in [7, 11) is 0. The Hall–Kier alpha value is -1.71. The SMILES string of the molecule is CC(C)(C)N(Cc1cccc(O)c1)C(=O)O. The molecule has 0 aliphatic rings. The van der Waals surface area contributed by atoms with E-state index in [1.807, 2.05) is 20.8 Å². The molecule has 0 heterocycles. The highest BCUT2D eigenvalue weighted by Crippen LogP contribution is 2.19. The lowest BCUT2D eigenvalue weighted by Gasteiger charge is -2.33. The van der Waals surface area contributed by atoms with Crippen LogP contribution < -0.4 is 0 Å². The monoisotopic (exact) mass is 223 g/mol. The number of carbonyl (C=O) groups is 1. The fraction of sp³-hybridized carbons (Fsp3) is 0.417. The first-order valence-electron chi connectivity index (χ1n) is 5.09. The van der Waals surface area contributed by atoms with Gasteiger partial charge in [-0.2, -0.15) is 0 Å². The molecular formula is C12H17NO3. The van der Waals surface area contributed by atoms with Crippen LogP contribution in [0, 0.1) is 0 Å². The topological polar surface area (TPSA) is 60.8 Å². The number of rotatable bonds is 2. The Morgan fingerprint density at radius 2 is 2.00 bits per heavy atom. The molecule has 0 unspecified atom stereocenters. The summed E-state index contributed by atoms with van der Waals surface area (Å²) in [4.78, 5) is 12.4. The number of nitrogens with zero attached hydrogens (tertiary/aromatic N) is 1. The highest BCUT2D eigenvalue weighted by molar-refractivity contribution is 5.66. The highest BCUT2D eigenvalue weighted by Gasteiger charge is 2.25. The van der Waals surface area contributed by atoms with E-state index in [1.54, 1.807) is 24.3 Å². The van der Waals surface area contributed by atoms with Crippen molar-refractivity contribution in [2.45, 2.75) is 32.9 Å². The summed E-state index contributed by atoms with van der Waals surface area (Å²) in [6.07, 6.45) is -0.962. The Bertz CT molecular complexity index is 382. The molecule has 0 aromatic heterocycles. The molecule has 4 nitrogen and oxygen atoms in total. The minimum Gasteiger partial charge on any atom is -0.508 e. The molecule has 0 fully saturated rings. The van der Waals surface area contributed by atoms with E-state index in [2.05, 4.69) is 0 Å². The Balaban J connectivity index is 2.89. The van der Waals surface area contributed by atoms with E-state index >= 15 is 0 Å². The Kier molecular flexibility index (Phi) is 3.42. The van der Waals surface area contributed by atoms with Gasteiger partial charge in [-0.05, 0) is 38.5 Å². The first-order chi connectivity index (χ1) is 7.30. The van der Waals surface area contributed by atoms with Crippen molar-refractivity contribution in [1.29, 1.82) is 0 Å². The fourth-order valence-electron chi connectivity index (χ4n) is 1.43. The van der Waals surface area contributed by atoms with Crippen LogP contribution >= 0.6 is 0 Å². The molecule has 0 spiro atoms. The summed E-state index contributed by atoms with van der Waals surface area (Å²) < 4.78 is 0. The van der Waals surface area contributed by atoms with E-state index in [9.17, 15) is 9.90 Å². The first kappa shape index (κ1) is 12.4. The van der Waals surface area contributed by atoms with Crippen LogP contribution in [0.3, 0.4) is 0 Å². The number of phenols is 1. The normalized spacial score (nSPS) is 11.2. The number of hydrogen-bond donors (Lipinski definition) is 2. The number of phenolic OH excluding ortho intramolecular Hbond substituents is 1. The van der Waals surface area contributed by atoms with Crippen molar-refractivity contribution in [3.05, 3.63) is 29.8 Å². The summed E-state index contributed by atoms with van der Waals surface area (Å²) in [5, 5.41) is 18.4. The predicted octanol–water partition coefficient (Wildman–Crippen LogP) is 2.67. The van der Waals surface area contributed by atoms with Crippen LogP contribution in [0.1, 0.15) is 26.3 Å². The molecule has 4 heteroatoms. The van der Waals surface area contributed by atoms with Gasteiger partial charge in [-0.25, -0.2) is 4.79 Å². The number of benzene rings is 1. The molecule has 0 aliphatic heterocycles. The van der Waals surface area contributed by atoms with Gasteiger partial charge in [0.15, 0.2) is 0 Å². The highest BCUT2D eigenvalue weighted by atomic mass is 16.4. The molecule has 0 bridgehead atoms. The van der Waals surface area contributed by atoms with E-state index in [0.717, 1.165) is 5.56 Å². The van der Waals surface area contributed by atoms with Crippen molar-refractivity contribution in [1.82, 2.24) is 4.90 Å². The molecule has 0 saturated carbocycles. The van der Waals surface area contributed by atoms with Crippen LogP contribution in [0.5, 0.6) is 5.75 Å². The van der Waals surface area contributed by atoms with Crippen molar-refractivity contribution in [3.8, 4) is 5.75 Å². The Morgan fingerprint density at radius 3 is 2.44 bits per heavy atom. The predicted molar refractivity (Wildman–Crippen MR) is 61.4 cm³/mol. The molecule has 0 aliphatic carbocycles. The minimum atomic E-state index is -0.962. The van der Waals surface area contributed by atoms with Gasteiger partial charge in [0.2, 0.25) is 0 Å². The van der Waals surface area contributed by atoms with Crippen LogP contribution in [0.15, 0.2) is 24.3 Å². The standard InChI is InChI=1S/C12H17NO3/c1-12(2,3)13(11(15)16)8-9-5-4-6-10(14)7-9/h4-7,14H,8H2,1-3H3,(H,15,16). The van der Waals surface area contributed by atoms with Crippen LogP contribution in [-0.2, 0) is 6.54 Å². The maximum absolute atomic E-state index is 11.1. The minimum absolute atomic E-state index is 0.150. The van der Waals surface area contributed by atoms with Gasteiger partial charge in [0.05, 0.1) is 0 Å². The molecule has 16 heavy (non-hydrogen) atoms. The second kappa shape index (κ2) is 4.43. The maximum atomic E-state index is 11.1. The summed E-state index contributed by atoms with van der Waals surface area (Å²) in [5.74, 6) is 0.150. The van der Waals surface area contributed by atoms with Crippen molar-refractivity contribution in [3.63, 3.8) is 0 Å². The average molecular weight is 223 g/mol. The summed E-state index contributed by atoms with van der Waals surface area (Å²) in [5.41, 5.74) is 0.314. The third-order valence-electron chi connectivity index (χ3n) is 2.29. The molecule has 0 atom stereocenters. The lowest BCUT2D eigenvalue weighted by molar-refractivity contribution is 0.0955. The quantitative estimate of drug-likeness (QED) is 0.810. The second-order valence-electron chi connectivity index (χ2n) is 4.71.